The van der Waals surface area contributed by atoms with Gasteiger partial charge in [-0.25, -0.2) is 0 Å². The highest BCUT2D eigenvalue weighted by molar-refractivity contribution is 5.48. The third-order valence-electron chi connectivity index (χ3n) is 3.78. The number of nitrogens with one attached hydrogen (secondary N) is 1. The average Bonchev–Trinajstić information content (AvgIpc) is 2.45. The number of hydrogen-bond acceptors (Lipinski definition) is 4. The van der Waals surface area contributed by atoms with Crippen molar-refractivity contribution in [2.75, 3.05) is 33.9 Å². The van der Waals surface area contributed by atoms with Crippen LogP contribution in [-0.2, 0) is 13.0 Å². The van der Waals surface area contributed by atoms with Crippen LogP contribution in [0.2, 0.25) is 0 Å². The second kappa shape index (κ2) is 6.95. The molecule has 112 valence electrons. The maximum atomic E-state index is 5.39. The maximum absolute atomic E-state index is 5.39. The van der Waals surface area contributed by atoms with E-state index in [-0.39, 0.29) is 0 Å². The van der Waals surface area contributed by atoms with Crippen LogP contribution in [0.3, 0.4) is 0 Å². The molecule has 2 rings (SSSR count). The van der Waals surface area contributed by atoms with Gasteiger partial charge < -0.3 is 14.8 Å². The van der Waals surface area contributed by atoms with E-state index in [9.17, 15) is 0 Å². The Morgan fingerprint density at radius 2 is 1.80 bits per heavy atom. The molecule has 1 aliphatic heterocycles. The van der Waals surface area contributed by atoms with Crippen molar-refractivity contribution in [2.24, 2.45) is 0 Å². The maximum Gasteiger partial charge on any atom is 0.161 e. The number of fused-ring (bicyclic) bond motifs is 1. The zero-order valence-corrected chi connectivity index (χ0v) is 13.0. The third kappa shape index (κ3) is 3.64. The summed E-state index contributed by atoms with van der Waals surface area (Å²) < 4.78 is 10.8. The number of ether oxygens (including phenoxy) is 2. The van der Waals surface area contributed by atoms with Crippen molar-refractivity contribution in [3.05, 3.63) is 23.3 Å². The van der Waals surface area contributed by atoms with Crippen molar-refractivity contribution < 1.29 is 9.47 Å². The lowest BCUT2D eigenvalue weighted by Gasteiger charge is -2.29. The van der Waals surface area contributed by atoms with Crippen molar-refractivity contribution in [1.29, 1.82) is 0 Å². The second-order valence-corrected chi connectivity index (χ2v) is 5.61. The molecule has 0 bridgehead atoms. The fourth-order valence-corrected chi connectivity index (χ4v) is 2.64. The van der Waals surface area contributed by atoms with Crippen LogP contribution in [-0.4, -0.2) is 44.8 Å². The fraction of sp³-hybridized carbons (Fsp3) is 0.625. The summed E-state index contributed by atoms with van der Waals surface area (Å²) >= 11 is 0. The van der Waals surface area contributed by atoms with E-state index in [0.717, 1.165) is 44.1 Å². The number of hydrogen-bond donors (Lipinski definition) is 1. The molecule has 1 aromatic rings. The highest BCUT2D eigenvalue weighted by Gasteiger charge is 2.19. The van der Waals surface area contributed by atoms with E-state index in [2.05, 4.69) is 36.2 Å². The van der Waals surface area contributed by atoms with Crippen molar-refractivity contribution in [3.63, 3.8) is 0 Å². The molecule has 0 aliphatic carbocycles. The van der Waals surface area contributed by atoms with Crippen LogP contribution < -0.4 is 14.8 Å². The van der Waals surface area contributed by atoms with Crippen LogP contribution in [0.1, 0.15) is 25.0 Å². The zero-order chi connectivity index (χ0) is 14.5. The fourth-order valence-electron chi connectivity index (χ4n) is 2.64. The first-order chi connectivity index (χ1) is 9.63. The van der Waals surface area contributed by atoms with Crippen LogP contribution in [0, 0.1) is 0 Å². The normalized spacial score (nSPS) is 15.2. The molecule has 1 aliphatic rings. The average molecular weight is 278 g/mol. The van der Waals surface area contributed by atoms with E-state index in [0.29, 0.717) is 6.04 Å². The molecule has 0 radical (unpaired) electrons. The number of rotatable bonds is 6. The molecule has 0 spiro atoms. The minimum atomic E-state index is 0.552. The Balaban J connectivity index is 2.02. The van der Waals surface area contributed by atoms with E-state index < -0.39 is 0 Å². The van der Waals surface area contributed by atoms with Crippen LogP contribution in [0.25, 0.3) is 0 Å². The van der Waals surface area contributed by atoms with E-state index in [1.165, 1.54) is 11.1 Å². The molecular formula is C16H26N2O2. The Kier molecular flexibility index (Phi) is 5.26. The van der Waals surface area contributed by atoms with E-state index in [1.54, 1.807) is 14.2 Å². The van der Waals surface area contributed by atoms with Gasteiger partial charge in [0.2, 0.25) is 0 Å². The van der Waals surface area contributed by atoms with Gasteiger partial charge in [0.25, 0.3) is 0 Å². The van der Waals surface area contributed by atoms with E-state index in [4.69, 9.17) is 9.47 Å². The SMILES string of the molecule is COc1cc2c(cc1OC)CN(CCNC(C)C)CC2. The Bertz CT molecular complexity index is 446. The summed E-state index contributed by atoms with van der Waals surface area (Å²) in [7, 11) is 3.38. The van der Waals surface area contributed by atoms with E-state index in [1.807, 2.05) is 0 Å². The lowest BCUT2D eigenvalue weighted by molar-refractivity contribution is 0.250. The summed E-state index contributed by atoms with van der Waals surface area (Å²) in [6, 6.07) is 4.80. The Morgan fingerprint density at radius 1 is 1.15 bits per heavy atom. The van der Waals surface area contributed by atoms with E-state index >= 15 is 0 Å². The van der Waals surface area contributed by atoms with Crippen molar-refractivity contribution in [1.82, 2.24) is 10.2 Å². The van der Waals surface area contributed by atoms with Gasteiger partial charge in [-0.2, -0.15) is 0 Å². The summed E-state index contributed by atoms with van der Waals surface area (Å²) in [5.74, 6) is 1.66. The van der Waals surface area contributed by atoms with Gasteiger partial charge in [-0.3, -0.25) is 4.90 Å². The first kappa shape index (κ1) is 15.1. The minimum Gasteiger partial charge on any atom is -0.493 e. The zero-order valence-electron chi connectivity index (χ0n) is 13.0. The molecule has 0 aromatic heterocycles. The lowest BCUT2D eigenvalue weighted by atomic mass is 9.99. The molecular weight excluding hydrogens is 252 g/mol. The second-order valence-electron chi connectivity index (χ2n) is 5.61. The van der Waals surface area contributed by atoms with Gasteiger partial charge in [-0.1, -0.05) is 13.8 Å². The summed E-state index contributed by atoms with van der Waals surface area (Å²) in [6.45, 7) is 8.61. The molecule has 0 amide bonds. The molecule has 0 unspecified atom stereocenters. The minimum absolute atomic E-state index is 0.552. The largest absolute Gasteiger partial charge is 0.493 e. The Hall–Kier alpha value is -1.26. The van der Waals surface area contributed by atoms with Gasteiger partial charge in [-0.05, 0) is 29.7 Å². The first-order valence-corrected chi connectivity index (χ1v) is 7.33. The number of benzene rings is 1. The molecule has 1 N–H and O–H groups in total. The lowest BCUT2D eigenvalue weighted by Crippen LogP contribution is -2.37. The topological polar surface area (TPSA) is 33.7 Å². The first-order valence-electron chi connectivity index (χ1n) is 7.33. The molecule has 4 nitrogen and oxygen atoms in total. The molecule has 1 aromatic carbocycles. The van der Waals surface area contributed by atoms with Gasteiger partial charge in [0.1, 0.15) is 0 Å². The molecule has 0 fully saturated rings. The van der Waals surface area contributed by atoms with Crippen molar-refractivity contribution >= 4 is 0 Å². The van der Waals surface area contributed by atoms with Crippen LogP contribution >= 0.6 is 0 Å². The van der Waals surface area contributed by atoms with Crippen molar-refractivity contribution in [2.45, 2.75) is 32.9 Å². The van der Waals surface area contributed by atoms with Gasteiger partial charge in [0.05, 0.1) is 14.2 Å². The summed E-state index contributed by atoms with van der Waals surface area (Å²) in [6.07, 6.45) is 1.08. The molecule has 4 heteroatoms. The number of methoxy groups -OCH3 is 2. The predicted octanol–water partition coefficient (Wildman–Crippen LogP) is 2.06. The van der Waals surface area contributed by atoms with Gasteiger partial charge in [0, 0.05) is 32.2 Å². The van der Waals surface area contributed by atoms with Crippen molar-refractivity contribution in [3.8, 4) is 11.5 Å². The molecule has 0 atom stereocenters. The molecule has 0 saturated carbocycles. The highest BCUT2D eigenvalue weighted by atomic mass is 16.5. The molecule has 0 saturated heterocycles. The van der Waals surface area contributed by atoms with Gasteiger partial charge in [-0.15, -0.1) is 0 Å². The van der Waals surface area contributed by atoms with Gasteiger partial charge >= 0.3 is 0 Å². The molecule has 1 heterocycles. The summed E-state index contributed by atoms with van der Waals surface area (Å²) in [5, 5.41) is 3.47. The monoisotopic (exact) mass is 278 g/mol. The summed E-state index contributed by atoms with van der Waals surface area (Å²) in [4.78, 5) is 2.49. The highest BCUT2D eigenvalue weighted by Crippen LogP contribution is 2.33. The van der Waals surface area contributed by atoms with Crippen LogP contribution in [0.5, 0.6) is 11.5 Å². The van der Waals surface area contributed by atoms with Gasteiger partial charge in [0.15, 0.2) is 11.5 Å². The standard InChI is InChI=1S/C16H26N2O2/c1-12(2)17-6-8-18-7-5-13-9-15(19-3)16(20-4)10-14(13)11-18/h9-10,12,17H,5-8,11H2,1-4H3. The Morgan fingerprint density at radius 3 is 2.40 bits per heavy atom. The third-order valence-corrected chi connectivity index (χ3v) is 3.78. The quantitative estimate of drug-likeness (QED) is 0.863. The van der Waals surface area contributed by atoms with Crippen LogP contribution in [0.4, 0.5) is 0 Å². The molecule has 20 heavy (non-hydrogen) atoms. The smallest absolute Gasteiger partial charge is 0.161 e. The van der Waals surface area contributed by atoms with Crippen LogP contribution in [0.15, 0.2) is 12.1 Å². The number of nitrogens with zero attached hydrogens (tertiary/aromatic N) is 1. The Labute approximate surface area is 122 Å². The predicted molar refractivity (Wildman–Crippen MR) is 81.7 cm³/mol. The summed E-state index contributed by atoms with van der Waals surface area (Å²) in [5.41, 5.74) is 2.74.